The van der Waals surface area contributed by atoms with E-state index < -0.39 is 0 Å². The Balaban J connectivity index is -0.000000272. The largest absolute Gasteiger partial charge is 0.103 e. The second-order valence-electron chi connectivity index (χ2n) is 15.1. The molecule has 0 amide bonds. The second-order valence-corrected chi connectivity index (χ2v) is 15.6. The van der Waals surface area contributed by atoms with Crippen molar-refractivity contribution in [3.63, 3.8) is 0 Å². The van der Waals surface area contributed by atoms with Crippen LogP contribution < -0.4 is 0 Å². The maximum absolute atomic E-state index is 4.41. The highest BCUT2D eigenvalue weighted by molar-refractivity contribution is 7.78. The molecule has 2 rings (SSSR count). The van der Waals surface area contributed by atoms with Gasteiger partial charge in [-0.05, 0) is 119 Å². The zero-order chi connectivity index (χ0) is 37.0. The quantitative estimate of drug-likeness (QED) is 0.140. The smallest absolute Gasteiger partial charge is 0.0172 e. The predicted molar refractivity (Wildman–Crippen MR) is 223 cm³/mol. The molecule has 5 unspecified atom stereocenters. The SMILES string of the molecule is C=C(C)C.C=C(C)C(C)C1CCCC1.C=C(C)C(CCC)CC(=C)C(C)C1C(CC)C1(C)C.C=CCC.CC=S.CCC(C)CC. The lowest BCUT2D eigenvalue weighted by atomic mass is 9.83. The molecule has 0 aliphatic heterocycles. The first-order chi connectivity index (χ1) is 21.4. The van der Waals surface area contributed by atoms with E-state index in [1.54, 1.807) is 5.37 Å². The van der Waals surface area contributed by atoms with Crippen molar-refractivity contribution in [2.75, 3.05) is 0 Å². The molecule has 0 spiro atoms. The van der Waals surface area contributed by atoms with Gasteiger partial charge in [0.05, 0.1) is 0 Å². The molecular weight excluding hydrogens is 573 g/mol. The summed E-state index contributed by atoms with van der Waals surface area (Å²) in [4.78, 5) is 0. The lowest BCUT2D eigenvalue weighted by Crippen LogP contribution is -2.11. The predicted octanol–water partition coefficient (Wildman–Crippen LogP) is 16.2. The summed E-state index contributed by atoms with van der Waals surface area (Å²) in [5.74, 6) is 5.71. The van der Waals surface area contributed by atoms with E-state index in [1.165, 1.54) is 80.1 Å². The molecule has 0 saturated heterocycles. The fraction of sp³-hybridized carbons (Fsp3) is 0.756. The van der Waals surface area contributed by atoms with Crippen molar-refractivity contribution in [3.05, 3.63) is 61.3 Å². The standard InChI is InChI=1S/C19H34.C10H18.C6H14.2C4H8.C2H4S/c1-9-11-16(13(3)4)12-14(5)15(6)18-17(10-2)19(18,7)8;1-8(2)9(3)10-6-4-5-7-10;1-4-6(3)5-2;1-4(2)3;1-3-4-2;1-2-3/h15-18H,3,5,9-12H2,1-2,4,6-8H3;9-10H,1,4-7H2,2-3H3;6H,4-5H2,1-3H3;1H2,2-3H3;3H,1,4H2,2H3;2H,1H3. The number of thiocarbonyl (C=S) groups is 1. The molecule has 0 nitrogen and oxygen atoms in total. The van der Waals surface area contributed by atoms with Gasteiger partial charge in [-0.1, -0.05) is 168 Å². The first-order valence-corrected chi connectivity index (χ1v) is 19.4. The minimum absolute atomic E-state index is 0.528. The lowest BCUT2D eigenvalue weighted by Gasteiger charge is -2.22. The first kappa shape index (κ1) is 51.6. The summed E-state index contributed by atoms with van der Waals surface area (Å²) >= 11 is 4.27. The van der Waals surface area contributed by atoms with Crippen molar-refractivity contribution in [3.8, 4) is 0 Å². The van der Waals surface area contributed by atoms with Gasteiger partial charge in [0.1, 0.15) is 0 Å². The summed E-state index contributed by atoms with van der Waals surface area (Å²) in [6, 6.07) is 0. The minimum atomic E-state index is 0.528. The molecule has 0 bridgehead atoms. The molecule has 0 heterocycles. The highest BCUT2D eigenvalue weighted by Gasteiger charge is 2.58. The molecule has 272 valence electrons. The molecule has 2 aliphatic rings. The van der Waals surface area contributed by atoms with Crippen molar-refractivity contribution in [1.29, 1.82) is 0 Å². The van der Waals surface area contributed by atoms with Crippen LogP contribution in [0.2, 0.25) is 0 Å². The summed E-state index contributed by atoms with van der Waals surface area (Å²) in [7, 11) is 0. The summed E-state index contributed by atoms with van der Waals surface area (Å²) in [6.07, 6.45) is 16.3. The molecule has 46 heavy (non-hydrogen) atoms. The van der Waals surface area contributed by atoms with E-state index in [-0.39, 0.29) is 0 Å². The highest BCUT2D eigenvalue weighted by Crippen LogP contribution is 2.64. The zero-order valence-corrected chi connectivity index (χ0v) is 35.2. The van der Waals surface area contributed by atoms with E-state index in [0.29, 0.717) is 17.3 Å². The Hall–Kier alpha value is -1.21. The van der Waals surface area contributed by atoms with Gasteiger partial charge < -0.3 is 0 Å². The Labute approximate surface area is 299 Å². The van der Waals surface area contributed by atoms with Crippen LogP contribution in [-0.4, -0.2) is 5.37 Å². The van der Waals surface area contributed by atoms with Crippen LogP contribution in [0.25, 0.3) is 0 Å². The van der Waals surface area contributed by atoms with Crippen molar-refractivity contribution in [2.45, 2.75) is 174 Å². The summed E-state index contributed by atoms with van der Waals surface area (Å²) in [5, 5.41) is 1.58. The average molecular weight is 659 g/mol. The van der Waals surface area contributed by atoms with Crippen LogP contribution >= 0.6 is 12.2 Å². The molecule has 2 saturated carbocycles. The van der Waals surface area contributed by atoms with Crippen LogP contribution in [0.1, 0.15) is 174 Å². The summed E-state index contributed by atoms with van der Waals surface area (Å²) in [6.45, 7) is 52.7. The highest BCUT2D eigenvalue weighted by atomic mass is 32.1. The van der Waals surface area contributed by atoms with Crippen LogP contribution in [0.3, 0.4) is 0 Å². The van der Waals surface area contributed by atoms with E-state index in [4.69, 9.17) is 0 Å². The fourth-order valence-electron chi connectivity index (χ4n) is 6.34. The van der Waals surface area contributed by atoms with Crippen LogP contribution in [0, 0.1) is 46.8 Å². The maximum Gasteiger partial charge on any atom is -0.0172 e. The number of allylic oxidation sites excluding steroid dienone is 5. The van der Waals surface area contributed by atoms with Gasteiger partial charge in [0.2, 0.25) is 0 Å². The Morgan fingerprint density at radius 1 is 0.826 bits per heavy atom. The van der Waals surface area contributed by atoms with E-state index in [1.807, 2.05) is 26.8 Å². The van der Waals surface area contributed by atoms with Gasteiger partial charge in [-0.2, -0.15) is 0 Å². The first-order valence-electron chi connectivity index (χ1n) is 19.0. The second kappa shape index (κ2) is 31.1. The molecule has 5 atom stereocenters. The molecule has 0 aromatic carbocycles. The molecular formula is C45H86S. The van der Waals surface area contributed by atoms with E-state index in [9.17, 15) is 0 Å². The fourth-order valence-corrected chi connectivity index (χ4v) is 6.34. The van der Waals surface area contributed by atoms with Crippen LogP contribution in [0.4, 0.5) is 0 Å². The molecule has 2 fully saturated rings. The van der Waals surface area contributed by atoms with E-state index in [2.05, 4.69) is 128 Å². The average Bonchev–Trinajstić information content (AvgIpc) is 3.29. The minimum Gasteiger partial charge on any atom is -0.103 e. The molecule has 2 aliphatic carbocycles. The van der Waals surface area contributed by atoms with Crippen LogP contribution in [-0.2, 0) is 0 Å². The Kier molecular flexibility index (Phi) is 34.9. The third-order valence-electron chi connectivity index (χ3n) is 10.2. The third-order valence-corrected chi connectivity index (χ3v) is 10.2. The number of hydrogen-bond donors (Lipinski definition) is 0. The topological polar surface area (TPSA) is 0 Å². The van der Waals surface area contributed by atoms with Gasteiger partial charge >= 0.3 is 0 Å². The van der Waals surface area contributed by atoms with Gasteiger partial charge in [-0.15, -0.1) is 13.2 Å². The molecule has 0 radical (unpaired) electrons. The molecule has 1 heteroatoms. The van der Waals surface area contributed by atoms with Gasteiger partial charge in [0.15, 0.2) is 0 Å². The van der Waals surface area contributed by atoms with Gasteiger partial charge in [0, 0.05) is 0 Å². The van der Waals surface area contributed by atoms with Gasteiger partial charge in [-0.25, -0.2) is 0 Å². The lowest BCUT2D eigenvalue weighted by molar-refractivity contribution is 0.416. The zero-order valence-electron chi connectivity index (χ0n) is 34.4. The van der Waals surface area contributed by atoms with E-state index >= 15 is 0 Å². The van der Waals surface area contributed by atoms with Crippen LogP contribution in [0.15, 0.2) is 61.3 Å². The maximum atomic E-state index is 4.41. The Bertz CT molecular complexity index is 797. The summed E-state index contributed by atoms with van der Waals surface area (Å²) in [5.41, 5.74) is 5.85. The molecule has 0 aromatic rings. The molecule has 0 N–H and O–H groups in total. The molecule has 0 aromatic heterocycles. The number of rotatable bonds is 13. The van der Waals surface area contributed by atoms with Crippen molar-refractivity contribution >= 4 is 17.6 Å². The monoisotopic (exact) mass is 659 g/mol. The summed E-state index contributed by atoms with van der Waals surface area (Å²) < 4.78 is 0. The van der Waals surface area contributed by atoms with Gasteiger partial charge in [-0.3, -0.25) is 0 Å². The Morgan fingerprint density at radius 3 is 1.48 bits per heavy atom. The van der Waals surface area contributed by atoms with Crippen molar-refractivity contribution in [1.82, 2.24) is 0 Å². The normalized spacial score (nSPS) is 19.1. The third kappa shape index (κ3) is 25.8. The number of hydrogen-bond acceptors (Lipinski definition) is 1. The Morgan fingerprint density at radius 2 is 1.24 bits per heavy atom. The van der Waals surface area contributed by atoms with Gasteiger partial charge in [0.25, 0.3) is 0 Å². The van der Waals surface area contributed by atoms with Crippen LogP contribution in [0.5, 0.6) is 0 Å². The van der Waals surface area contributed by atoms with E-state index in [0.717, 1.165) is 42.4 Å². The van der Waals surface area contributed by atoms with Crippen molar-refractivity contribution < 1.29 is 0 Å². The van der Waals surface area contributed by atoms with Crippen molar-refractivity contribution in [2.24, 2.45) is 46.8 Å².